The van der Waals surface area contributed by atoms with E-state index in [2.05, 4.69) is 0 Å². The Hall–Kier alpha value is -2.85. The molecule has 0 aliphatic carbocycles. The van der Waals surface area contributed by atoms with Gasteiger partial charge in [-0.2, -0.15) is 13.2 Å². The second-order valence-corrected chi connectivity index (χ2v) is 8.88. The lowest BCUT2D eigenvalue weighted by atomic mass is 9.73. The van der Waals surface area contributed by atoms with Crippen molar-refractivity contribution in [2.75, 3.05) is 44.3 Å². The zero-order valence-electron chi connectivity index (χ0n) is 18.2. The fourth-order valence-electron chi connectivity index (χ4n) is 4.70. The van der Waals surface area contributed by atoms with Crippen molar-refractivity contribution in [3.8, 4) is 0 Å². The SMILES string of the molecule is O=C(N1CCN(c2ccc(C(F)(F)F)cc2[N+](=O)[O-])CC1)C1(c2cccc(Cl)c2)CCOCC1. The van der Waals surface area contributed by atoms with E-state index in [0.29, 0.717) is 50.2 Å². The van der Waals surface area contributed by atoms with Crippen molar-refractivity contribution in [1.82, 2.24) is 4.90 Å². The van der Waals surface area contributed by atoms with Crippen molar-refractivity contribution in [3.05, 3.63) is 68.7 Å². The van der Waals surface area contributed by atoms with Crippen molar-refractivity contribution in [2.45, 2.75) is 24.4 Å². The Labute approximate surface area is 199 Å². The molecule has 0 N–H and O–H groups in total. The average molecular weight is 498 g/mol. The molecule has 2 aromatic carbocycles. The number of nitrogens with zero attached hydrogens (tertiary/aromatic N) is 3. The van der Waals surface area contributed by atoms with Crippen molar-refractivity contribution < 1.29 is 27.6 Å². The summed E-state index contributed by atoms with van der Waals surface area (Å²) in [4.78, 5) is 27.8. The summed E-state index contributed by atoms with van der Waals surface area (Å²) >= 11 is 6.19. The number of ether oxygens (including phenoxy) is 1. The highest BCUT2D eigenvalue weighted by Crippen LogP contribution is 2.39. The fraction of sp³-hybridized carbons (Fsp3) is 0.435. The monoisotopic (exact) mass is 497 g/mol. The minimum Gasteiger partial charge on any atom is -0.381 e. The maximum absolute atomic E-state index is 13.7. The number of anilines is 1. The predicted octanol–water partition coefficient (Wildman–Crippen LogP) is 4.66. The number of alkyl halides is 3. The maximum Gasteiger partial charge on any atom is 0.416 e. The Morgan fingerprint density at radius 3 is 2.32 bits per heavy atom. The standard InChI is InChI=1S/C23H23ClF3N3O4/c24-18-3-1-2-16(14-18)22(6-12-34-13-7-22)21(31)29-10-8-28(9-11-29)19-5-4-17(23(25,26)27)15-20(19)30(32)33/h1-5,14-15H,6-13H2. The van der Waals surface area contributed by atoms with Gasteiger partial charge in [0.1, 0.15) is 5.69 Å². The van der Waals surface area contributed by atoms with Gasteiger partial charge in [-0.25, -0.2) is 0 Å². The molecule has 0 aromatic heterocycles. The molecule has 0 unspecified atom stereocenters. The van der Waals surface area contributed by atoms with Crippen LogP contribution in [0.1, 0.15) is 24.0 Å². The Balaban J connectivity index is 1.54. The highest BCUT2D eigenvalue weighted by Gasteiger charge is 2.45. The number of rotatable bonds is 4. The number of amides is 1. The minimum absolute atomic E-state index is 0.0559. The third-order valence-corrected chi connectivity index (χ3v) is 6.78. The number of carbonyl (C=O) groups is 1. The van der Waals surface area contributed by atoms with E-state index in [9.17, 15) is 28.1 Å². The zero-order valence-corrected chi connectivity index (χ0v) is 18.9. The lowest BCUT2D eigenvalue weighted by Gasteiger charge is -2.43. The summed E-state index contributed by atoms with van der Waals surface area (Å²) in [6, 6.07) is 9.77. The summed E-state index contributed by atoms with van der Waals surface area (Å²) in [6.45, 7) is 1.99. The van der Waals surface area contributed by atoms with Crippen LogP contribution in [0.4, 0.5) is 24.5 Å². The highest BCUT2D eigenvalue weighted by atomic mass is 35.5. The van der Waals surface area contributed by atoms with Crippen LogP contribution in [0.3, 0.4) is 0 Å². The molecule has 4 rings (SSSR count). The minimum atomic E-state index is -4.67. The number of piperazine rings is 1. The van der Waals surface area contributed by atoms with E-state index in [4.69, 9.17) is 16.3 Å². The lowest BCUT2D eigenvalue weighted by Crippen LogP contribution is -2.56. The van der Waals surface area contributed by atoms with Gasteiger partial charge in [-0.05, 0) is 42.7 Å². The second-order valence-electron chi connectivity index (χ2n) is 8.44. The van der Waals surface area contributed by atoms with Crippen LogP contribution in [0.15, 0.2) is 42.5 Å². The summed E-state index contributed by atoms with van der Waals surface area (Å²) in [5.41, 5.74) is -1.50. The van der Waals surface area contributed by atoms with Crippen LogP contribution >= 0.6 is 11.6 Å². The van der Waals surface area contributed by atoms with Gasteiger partial charge in [0.15, 0.2) is 0 Å². The van der Waals surface area contributed by atoms with Gasteiger partial charge >= 0.3 is 6.18 Å². The van der Waals surface area contributed by atoms with Crippen LogP contribution in [-0.2, 0) is 21.1 Å². The topological polar surface area (TPSA) is 75.9 Å². The van der Waals surface area contributed by atoms with Gasteiger partial charge in [0.25, 0.3) is 5.69 Å². The molecular weight excluding hydrogens is 475 g/mol. The molecular formula is C23H23ClF3N3O4. The lowest BCUT2D eigenvalue weighted by molar-refractivity contribution is -0.384. The molecule has 2 aliphatic heterocycles. The molecule has 0 spiro atoms. The normalized spacial score (nSPS) is 18.6. The first-order valence-electron chi connectivity index (χ1n) is 10.9. The summed E-state index contributed by atoms with van der Waals surface area (Å²) in [7, 11) is 0. The molecule has 2 heterocycles. The number of nitro groups is 1. The number of halogens is 4. The molecule has 34 heavy (non-hydrogen) atoms. The second kappa shape index (κ2) is 9.42. The number of hydrogen-bond acceptors (Lipinski definition) is 5. The summed E-state index contributed by atoms with van der Waals surface area (Å²) in [6.07, 6.45) is -3.65. The molecule has 2 aliphatic rings. The van der Waals surface area contributed by atoms with E-state index < -0.39 is 27.8 Å². The third kappa shape index (κ3) is 4.69. The van der Waals surface area contributed by atoms with E-state index in [1.807, 2.05) is 12.1 Å². The van der Waals surface area contributed by atoms with Gasteiger partial charge in [-0.15, -0.1) is 0 Å². The largest absolute Gasteiger partial charge is 0.416 e. The fourth-order valence-corrected chi connectivity index (χ4v) is 4.89. The molecule has 2 fully saturated rings. The first-order chi connectivity index (χ1) is 16.1. The Kier molecular flexibility index (Phi) is 6.73. The van der Waals surface area contributed by atoms with Crippen LogP contribution in [0.25, 0.3) is 0 Å². The van der Waals surface area contributed by atoms with Crippen LogP contribution < -0.4 is 4.90 Å². The van der Waals surface area contributed by atoms with Crippen molar-refractivity contribution in [3.63, 3.8) is 0 Å². The van der Waals surface area contributed by atoms with Crippen molar-refractivity contribution in [2.24, 2.45) is 0 Å². The van der Waals surface area contributed by atoms with Gasteiger partial charge in [0, 0.05) is 50.5 Å². The highest BCUT2D eigenvalue weighted by molar-refractivity contribution is 6.30. The molecule has 2 aromatic rings. The molecule has 182 valence electrons. The number of carbonyl (C=O) groups excluding carboxylic acids is 1. The molecule has 7 nitrogen and oxygen atoms in total. The Bertz CT molecular complexity index is 1080. The smallest absolute Gasteiger partial charge is 0.381 e. The molecule has 11 heteroatoms. The number of benzene rings is 2. The van der Waals surface area contributed by atoms with E-state index in [1.54, 1.807) is 21.9 Å². The Morgan fingerprint density at radius 2 is 1.74 bits per heavy atom. The molecule has 0 atom stereocenters. The van der Waals surface area contributed by atoms with Crippen LogP contribution in [0, 0.1) is 10.1 Å². The van der Waals surface area contributed by atoms with Crippen molar-refractivity contribution in [1.29, 1.82) is 0 Å². The summed E-state index contributed by atoms with van der Waals surface area (Å²) < 4.78 is 44.6. The van der Waals surface area contributed by atoms with Crippen LogP contribution in [-0.4, -0.2) is 55.1 Å². The van der Waals surface area contributed by atoms with E-state index in [0.717, 1.165) is 17.7 Å². The molecule has 1 amide bonds. The van der Waals surface area contributed by atoms with Crippen molar-refractivity contribution >= 4 is 28.9 Å². The quantitative estimate of drug-likeness (QED) is 0.453. The first kappa shape index (κ1) is 24.3. The molecule has 0 saturated carbocycles. The van der Waals surface area contributed by atoms with Gasteiger partial charge in [0.2, 0.25) is 5.91 Å². The van der Waals surface area contributed by atoms with E-state index in [1.165, 1.54) is 0 Å². The zero-order chi connectivity index (χ0) is 24.5. The van der Waals surface area contributed by atoms with E-state index in [-0.39, 0.29) is 24.7 Å². The summed E-state index contributed by atoms with van der Waals surface area (Å²) in [5.74, 6) is -0.0559. The van der Waals surface area contributed by atoms with E-state index >= 15 is 0 Å². The van der Waals surface area contributed by atoms with Gasteiger partial charge < -0.3 is 14.5 Å². The molecule has 2 saturated heterocycles. The van der Waals surface area contributed by atoms with Gasteiger partial charge in [0.05, 0.1) is 15.9 Å². The maximum atomic E-state index is 13.7. The van der Waals surface area contributed by atoms with Gasteiger partial charge in [-0.1, -0.05) is 23.7 Å². The van der Waals surface area contributed by atoms with Gasteiger partial charge in [-0.3, -0.25) is 14.9 Å². The van der Waals surface area contributed by atoms with Crippen LogP contribution in [0.2, 0.25) is 5.02 Å². The summed E-state index contributed by atoms with van der Waals surface area (Å²) in [5, 5.41) is 12.0. The first-order valence-corrected chi connectivity index (χ1v) is 11.2. The Morgan fingerprint density at radius 1 is 1.06 bits per heavy atom. The third-order valence-electron chi connectivity index (χ3n) is 6.54. The average Bonchev–Trinajstić information content (AvgIpc) is 2.83. The number of hydrogen-bond donors (Lipinski definition) is 0. The molecule has 0 radical (unpaired) electrons. The molecule has 0 bridgehead atoms. The van der Waals surface area contributed by atoms with Crippen LogP contribution in [0.5, 0.6) is 0 Å². The number of nitro benzene ring substituents is 1. The predicted molar refractivity (Wildman–Crippen MR) is 120 cm³/mol.